The van der Waals surface area contributed by atoms with Crippen LogP contribution >= 0.6 is 11.6 Å². The number of nitrogens with zero attached hydrogens (tertiary/aromatic N) is 5. The second-order valence-corrected chi connectivity index (χ2v) is 18.3. The first kappa shape index (κ1) is 46.3. The van der Waals surface area contributed by atoms with Crippen molar-refractivity contribution in [2.75, 3.05) is 25.1 Å². The number of imidazole rings is 2. The maximum atomic E-state index is 13.8. The van der Waals surface area contributed by atoms with E-state index in [9.17, 15) is 37.5 Å². The standard InChI is InChI=1S/C46H53ClF3N9O7/c1-23(2)38(55-44(62)63)42(60)57-18-6-8-35(57)40-51-29-13-10-25(20-31(29)53-40)33-15-16-34(59(33)27-12-17-37(28(47)22-27)66-46(48,49)50)26-11-14-30-32(21-26)54-41(52-30)36-9-7-19-58(36)43(61)39(24(3)4)56-45(64)65-5/h10-14,17,20-24,33-36,38-39,55H,6-9,15-16,18-19H2,1-5H3,(H,51,53)(H,52,54)(H,56,64)(H,62,63)/t33-,34-,35+,36+,38+,39+/m1/s1. The van der Waals surface area contributed by atoms with Crippen LogP contribution in [0.2, 0.25) is 5.02 Å². The summed E-state index contributed by atoms with van der Waals surface area (Å²) in [4.78, 5) is 73.5. The summed E-state index contributed by atoms with van der Waals surface area (Å²) >= 11 is 6.49. The summed E-state index contributed by atoms with van der Waals surface area (Å²) in [5.41, 5.74) is 5.25. The van der Waals surface area contributed by atoms with Crippen LogP contribution in [0.4, 0.5) is 28.4 Å². The molecule has 3 aromatic carbocycles. The molecule has 352 valence electrons. The number of nitrogens with one attached hydrogen (secondary N) is 4. The molecule has 66 heavy (non-hydrogen) atoms. The average molecular weight is 936 g/mol. The Morgan fingerprint density at radius 2 is 1.24 bits per heavy atom. The molecule has 8 rings (SSSR count). The topological polar surface area (TPSA) is 198 Å². The summed E-state index contributed by atoms with van der Waals surface area (Å²) in [5, 5.41) is 14.3. The molecule has 0 saturated carbocycles. The molecule has 0 aliphatic carbocycles. The van der Waals surface area contributed by atoms with Gasteiger partial charge in [0.1, 0.15) is 29.5 Å². The largest absolute Gasteiger partial charge is 0.573 e. The number of halogens is 4. The number of amides is 4. The van der Waals surface area contributed by atoms with E-state index in [4.69, 9.17) is 26.3 Å². The van der Waals surface area contributed by atoms with E-state index in [1.54, 1.807) is 29.7 Å². The van der Waals surface area contributed by atoms with Crippen LogP contribution in [-0.2, 0) is 14.3 Å². The Balaban J connectivity index is 1.11. The Hall–Kier alpha value is -6.24. The SMILES string of the molecule is COC(=O)N[C@H](C(=O)N1CCC[C@H]1c1nc2ccc([C@H]3CC[C@H](c4ccc5nc([C@@H]6CCCN6C(=O)[C@@H](NC(=O)O)C(C)C)[nH]c5c4)N3c3ccc(OC(F)(F)F)c(Cl)c3)cc2[nH]1)C(C)C. The fourth-order valence-electron chi connectivity index (χ4n) is 9.84. The number of aromatic nitrogens is 4. The van der Waals surface area contributed by atoms with Gasteiger partial charge < -0.3 is 49.9 Å². The molecule has 2 aromatic heterocycles. The summed E-state index contributed by atoms with van der Waals surface area (Å²) in [7, 11) is 1.25. The number of likely N-dealkylation sites (tertiary alicyclic amines) is 2. The third kappa shape index (κ3) is 9.39. The molecule has 5 N–H and O–H groups in total. The van der Waals surface area contributed by atoms with E-state index in [1.165, 1.54) is 19.2 Å². The molecule has 0 unspecified atom stereocenters. The van der Waals surface area contributed by atoms with Crippen molar-refractivity contribution in [3.8, 4) is 5.75 Å². The van der Waals surface area contributed by atoms with Gasteiger partial charge in [-0.3, -0.25) is 9.59 Å². The number of carbonyl (C=O) groups excluding carboxylic acids is 3. The second-order valence-electron chi connectivity index (χ2n) is 17.9. The smallest absolute Gasteiger partial charge is 0.465 e. The van der Waals surface area contributed by atoms with Crippen LogP contribution in [0.15, 0.2) is 54.6 Å². The summed E-state index contributed by atoms with van der Waals surface area (Å²) < 4.78 is 48.9. The van der Waals surface area contributed by atoms with Crippen molar-refractivity contribution in [2.45, 2.75) is 109 Å². The average Bonchev–Trinajstić information content (AvgIpc) is 4.12. The van der Waals surface area contributed by atoms with Crippen molar-refractivity contribution < 1.29 is 46.9 Å². The number of carbonyl (C=O) groups is 4. The van der Waals surface area contributed by atoms with E-state index in [-0.39, 0.29) is 52.8 Å². The summed E-state index contributed by atoms with van der Waals surface area (Å²) in [6.45, 7) is 8.26. The number of carboxylic acid groups (broad SMARTS) is 1. The minimum atomic E-state index is -4.94. The molecule has 0 spiro atoms. The number of fused-ring (bicyclic) bond motifs is 2. The van der Waals surface area contributed by atoms with Crippen molar-refractivity contribution in [1.29, 1.82) is 0 Å². The third-order valence-electron chi connectivity index (χ3n) is 12.9. The number of hydrogen-bond donors (Lipinski definition) is 5. The van der Waals surface area contributed by atoms with Gasteiger partial charge in [0.25, 0.3) is 0 Å². The van der Waals surface area contributed by atoms with Gasteiger partial charge >= 0.3 is 18.5 Å². The molecule has 3 fully saturated rings. The van der Waals surface area contributed by atoms with Crippen LogP contribution in [0.1, 0.15) is 113 Å². The van der Waals surface area contributed by atoms with Gasteiger partial charge in [-0.05, 0) is 104 Å². The number of hydrogen-bond acceptors (Lipinski definition) is 9. The summed E-state index contributed by atoms with van der Waals surface area (Å²) in [6.07, 6.45) is -2.76. The predicted molar refractivity (Wildman–Crippen MR) is 239 cm³/mol. The maximum absolute atomic E-state index is 13.8. The first-order valence-electron chi connectivity index (χ1n) is 22.2. The van der Waals surface area contributed by atoms with Crippen molar-refractivity contribution in [3.05, 3.63) is 82.4 Å². The van der Waals surface area contributed by atoms with E-state index in [0.717, 1.165) is 35.0 Å². The van der Waals surface area contributed by atoms with Crippen LogP contribution < -0.4 is 20.3 Å². The number of alkyl halides is 3. The monoisotopic (exact) mass is 935 g/mol. The lowest BCUT2D eigenvalue weighted by atomic mass is 10.0. The molecule has 6 atom stereocenters. The van der Waals surface area contributed by atoms with Crippen LogP contribution in [0.3, 0.4) is 0 Å². The molecule has 0 radical (unpaired) electrons. The normalized spacial score (nSPS) is 21.0. The summed E-state index contributed by atoms with van der Waals surface area (Å²) in [6, 6.07) is 13.1. The summed E-state index contributed by atoms with van der Waals surface area (Å²) in [5.74, 6) is -0.289. The van der Waals surface area contributed by atoms with E-state index < -0.39 is 36.4 Å². The number of aromatic amines is 2. The molecule has 5 aromatic rings. The van der Waals surface area contributed by atoms with Gasteiger partial charge in [-0.2, -0.15) is 0 Å². The molecular weight excluding hydrogens is 883 g/mol. The van der Waals surface area contributed by atoms with Gasteiger partial charge in [0.15, 0.2) is 0 Å². The first-order chi connectivity index (χ1) is 31.4. The Kier molecular flexibility index (Phi) is 13.0. The van der Waals surface area contributed by atoms with Crippen molar-refractivity contribution >= 4 is 63.4 Å². The number of alkyl carbamates (subject to hydrolysis) is 1. The molecule has 3 saturated heterocycles. The highest BCUT2D eigenvalue weighted by atomic mass is 35.5. The van der Waals surface area contributed by atoms with Crippen LogP contribution in [-0.4, -0.2) is 97.5 Å². The minimum Gasteiger partial charge on any atom is -0.465 e. The highest BCUT2D eigenvalue weighted by molar-refractivity contribution is 6.32. The third-order valence-corrected chi connectivity index (χ3v) is 13.2. The van der Waals surface area contributed by atoms with Gasteiger partial charge in [0.05, 0.1) is 58.4 Å². The van der Waals surface area contributed by atoms with E-state index in [0.29, 0.717) is 67.1 Å². The zero-order valence-electron chi connectivity index (χ0n) is 37.1. The number of ether oxygens (including phenoxy) is 2. The van der Waals surface area contributed by atoms with Gasteiger partial charge in [0, 0.05) is 18.8 Å². The second kappa shape index (κ2) is 18.6. The molecular formula is C46H53ClF3N9O7. The van der Waals surface area contributed by atoms with Gasteiger partial charge in [-0.15, -0.1) is 13.2 Å². The van der Waals surface area contributed by atoms with Crippen LogP contribution in [0, 0.1) is 11.8 Å². The fraction of sp³-hybridized carbons (Fsp3) is 0.478. The predicted octanol–water partition coefficient (Wildman–Crippen LogP) is 9.07. The lowest BCUT2D eigenvalue weighted by Crippen LogP contribution is -2.51. The highest BCUT2D eigenvalue weighted by Crippen LogP contribution is 2.49. The zero-order chi connectivity index (χ0) is 47.2. The zero-order valence-corrected chi connectivity index (χ0v) is 37.9. The molecule has 4 amide bonds. The first-order valence-corrected chi connectivity index (χ1v) is 22.6. The van der Waals surface area contributed by atoms with Gasteiger partial charge in [-0.25, -0.2) is 19.6 Å². The fourth-order valence-corrected chi connectivity index (χ4v) is 10.1. The van der Waals surface area contributed by atoms with Crippen molar-refractivity contribution in [3.63, 3.8) is 0 Å². The minimum absolute atomic E-state index is 0.190. The Labute approximate surface area is 383 Å². The van der Waals surface area contributed by atoms with E-state index in [1.807, 2.05) is 50.2 Å². The Morgan fingerprint density at radius 1 is 0.742 bits per heavy atom. The quantitative estimate of drug-likeness (QED) is 0.0805. The van der Waals surface area contributed by atoms with Crippen molar-refractivity contribution in [2.24, 2.45) is 11.8 Å². The maximum Gasteiger partial charge on any atom is 0.573 e. The molecule has 5 heterocycles. The van der Waals surface area contributed by atoms with E-state index in [2.05, 4.69) is 30.2 Å². The molecule has 16 nitrogen and oxygen atoms in total. The van der Waals surface area contributed by atoms with Crippen LogP contribution in [0.25, 0.3) is 22.1 Å². The number of benzene rings is 3. The lowest BCUT2D eigenvalue weighted by Gasteiger charge is -2.33. The lowest BCUT2D eigenvalue weighted by molar-refractivity contribution is -0.274. The van der Waals surface area contributed by atoms with Gasteiger partial charge in [0.2, 0.25) is 11.8 Å². The number of rotatable bonds is 12. The molecule has 3 aliphatic heterocycles. The van der Waals surface area contributed by atoms with Gasteiger partial charge in [-0.1, -0.05) is 51.4 Å². The molecule has 3 aliphatic rings. The van der Waals surface area contributed by atoms with Crippen LogP contribution in [0.5, 0.6) is 5.75 Å². The number of anilines is 1. The van der Waals surface area contributed by atoms with E-state index >= 15 is 0 Å². The molecule has 0 bridgehead atoms. The molecule has 20 heteroatoms. The Morgan fingerprint density at radius 3 is 1.68 bits per heavy atom. The van der Waals surface area contributed by atoms with Crippen molar-refractivity contribution in [1.82, 2.24) is 40.4 Å². The number of methoxy groups -OCH3 is 1. The Bertz CT molecular complexity index is 2640. The number of H-pyrrole nitrogens is 2. The highest BCUT2D eigenvalue weighted by Gasteiger charge is 2.41.